The third kappa shape index (κ3) is 3.85. The van der Waals surface area contributed by atoms with Gasteiger partial charge >= 0.3 is 0 Å². The summed E-state index contributed by atoms with van der Waals surface area (Å²) in [5.74, 6) is 1.66. The summed E-state index contributed by atoms with van der Waals surface area (Å²) in [5.41, 5.74) is 4.29. The van der Waals surface area contributed by atoms with Gasteiger partial charge in [0.1, 0.15) is 5.82 Å². The van der Waals surface area contributed by atoms with E-state index in [1.54, 1.807) is 0 Å². The minimum Gasteiger partial charge on any atom is -0.356 e. The quantitative estimate of drug-likeness (QED) is 0.707. The van der Waals surface area contributed by atoms with Crippen molar-refractivity contribution in [2.45, 2.75) is 26.2 Å². The molecule has 0 radical (unpaired) electrons. The zero-order valence-corrected chi connectivity index (χ0v) is 15.2. The van der Waals surface area contributed by atoms with Gasteiger partial charge in [0, 0.05) is 30.4 Å². The van der Waals surface area contributed by atoms with Crippen LogP contribution in [0.25, 0.3) is 11.3 Å². The van der Waals surface area contributed by atoms with Gasteiger partial charge in [0.2, 0.25) is 5.95 Å². The van der Waals surface area contributed by atoms with Crippen LogP contribution in [0.1, 0.15) is 24.8 Å². The molecule has 2 aromatic carbocycles. The largest absolute Gasteiger partial charge is 0.356 e. The van der Waals surface area contributed by atoms with E-state index in [4.69, 9.17) is 9.97 Å². The first-order valence-electron chi connectivity index (χ1n) is 9.31. The van der Waals surface area contributed by atoms with Crippen LogP contribution in [-0.4, -0.2) is 23.1 Å². The zero-order chi connectivity index (χ0) is 17.8. The number of nitrogens with zero attached hydrogens (tertiary/aromatic N) is 3. The summed E-state index contributed by atoms with van der Waals surface area (Å²) in [5, 5.41) is 3.39. The average molecular weight is 344 g/mol. The highest BCUT2D eigenvalue weighted by Crippen LogP contribution is 2.26. The Labute approximate surface area is 154 Å². The van der Waals surface area contributed by atoms with Gasteiger partial charge in [0.15, 0.2) is 0 Å². The van der Waals surface area contributed by atoms with Crippen LogP contribution in [-0.2, 0) is 0 Å². The highest BCUT2D eigenvalue weighted by molar-refractivity contribution is 5.66. The van der Waals surface area contributed by atoms with Crippen LogP contribution in [0.4, 0.5) is 17.5 Å². The van der Waals surface area contributed by atoms with E-state index in [1.165, 1.54) is 24.8 Å². The molecular weight excluding hydrogens is 320 g/mol. The second-order valence-electron chi connectivity index (χ2n) is 6.84. The van der Waals surface area contributed by atoms with Gasteiger partial charge in [-0.1, -0.05) is 42.5 Å². The molecule has 3 aromatic rings. The molecule has 1 aliphatic heterocycles. The van der Waals surface area contributed by atoms with E-state index in [2.05, 4.69) is 47.5 Å². The summed E-state index contributed by atoms with van der Waals surface area (Å²) < 4.78 is 0. The van der Waals surface area contributed by atoms with E-state index in [0.717, 1.165) is 35.9 Å². The SMILES string of the molecule is Cc1cccc(Nc2nc(-c3ccccc3)cc(N3CCCCC3)n2)c1. The highest BCUT2D eigenvalue weighted by atomic mass is 15.2. The number of rotatable bonds is 4. The molecule has 26 heavy (non-hydrogen) atoms. The van der Waals surface area contributed by atoms with E-state index >= 15 is 0 Å². The van der Waals surface area contributed by atoms with Gasteiger partial charge in [0.05, 0.1) is 5.69 Å². The van der Waals surface area contributed by atoms with Gasteiger partial charge in [0.25, 0.3) is 0 Å². The highest BCUT2D eigenvalue weighted by Gasteiger charge is 2.15. The summed E-state index contributed by atoms with van der Waals surface area (Å²) in [6.45, 7) is 4.22. The lowest BCUT2D eigenvalue weighted by atomic mass is 10.1. The molecule has 1 fully saturated rings. The van der Waals surface area contributed by atoms with Gasteiger partial charge in [-0.3, -0.25) is 0 Å². The van der Waals surface area contributed by atoms with Crippen molar-refractivity contribution in [3.8, 4) is 11.3 Å². The Balaban J connectivity index is 1.72. The Kier molecular flexibility index (Phi) is 4.82. The van der Waals surface area contributed by atoms with Crippen molar-refractivity contribution in [1.29, 1.82) is 0 Å². The van der Waals surface area contributed by atoms with Crippen molar-refractivity contribution >= 4 is 17.5 Å². The molecule has 132 valence electrons. The number of hydrogen-bond acceptors (Lipinski definition) is 4. The molecule has 1 saturated heterocycles. The molecule has 4 nitrogen and oxygen atoms in total. The summed E-state index contributed by atoms with van der Waals surface area (Å²) in [6, 6.07) is 20.7. The average Bonchev–Trinajstić information content (AvgIpc) is 2.69. The van der Waals surface area contributed by atoms with E-state index in [9.17, 15) is 0 Å². The number of benzene rings is 2. The molecule has 1 aliphatic rings. The Bertz CT molecular complexity index is 870. The Hall–Kier alpha value is -2.88. The lowest BCUT2D eigenvalue weighted by Gasteiger charge is -2.28. The van der Waals surface area contributed by atoms with E-state index in [-0.39, 0.29) is 0 Å². The van der Waals surface area contributed by atoms with Gasteiger partial charge < -0.3 is 10.2 Å². The lowest BCUT2D eigenvalue weighted by Crippen LogP contribution is -2.30. The van der Waals surface area contributed by atoms with Crippen molar-refractivity contribution in [1.82, 2.24) is 9.97 Å². The first kappa shape index (κ1) is 16.6. The maximum atomic E-state index is 4.81. The summed E-state index contributed by atoms with van der Waals surface area (Å²) in [4.78, 5) is 12.0. The van der Waals surface area contributed by atoms with Crippen molar-refractivity contribution in [3.63, 3.8) is 0 Å². The van der Waals surface area contributed by atoms with Crippen LogP contribution >= 0.6 is 0 Å². The molecule has 0 unspecified atom stereocenters. The van der Waals surface area contributed by atoms with Crippen molar-refractivity contribution in [2.75, 3.05) is 23.3 Å². The number of piperidine rings is 1. The predicted octanol–water partition coefficient (Wildman–Crippen LogP) is 5.19. The second kappa shape index (κ2) is 7.56. The maximum Gasteiger partial charge on any atom is 0.229 e. The number of hydrogen-bond donors (Lipinski definition) is 1. The van der Waals surface area contributed by atoms with Crippen LogP contribution in [0.15, 0.2) is 60.7 Å². The monoisotopic (exact) mass is 344 g/mol. The Morgan fingerprint density at radius 1 is 0.846 bits per heavy atom. The van der Waals surface area contributed by atoms with Crippen molar-refractivity contribution in [3.05, 3.63) is 66.2 Å². The first-order valence-corrected chi connectivity index (χ1v) is 9.31. The number of aryl methyl sites for hydroxylation is 1. The van der Waals surface area contributed by atoms with E-state index < -0.39 is 0 Å². The number of anilines is 3. The molecule has 2 heterocycles. The minimum absolute atomic E-state index is 0.650. The van der Waals surface area contributed by atoms with Gasteiger partial charge in [-0.15, -0.1) is 0 Å². The molecule has 1 N–H and O–H groups in total. The summed E-state index contributed by atoms with van der Waals surface area (Å²) in [7, 11) is 0. The van der Waals surface area contributed by atoms with Crippen LogP contribution in [0.2, 0.25) is 0 Å². The molecule has 4 rings (SSSR count). The van der Waals surface area contributed by atoms with Gasteiger partial charge in [-0.25, -0.2) is 4.98 Å². The minimum atomic E-state index is 0.650. The predicted molar refractivity (Wildman–Crippen MR) is 108 cm³/mol. The molecule has 0 saturated carbocycles. The van der Waals surface area contributed by atoms with E-state index in [0.29, 0.717) is 5.95 Å². The zero-order valence-electron chi connectivity index (χ0n) is 15.2. The van der Waals surface area contributed by atoms with Gasteiger partial charge in [-0.2, -0.15) is 4.98 Å². The van der Waals surface area contributed by atoms with Crippen LogP contribution in [0, 0.1) is 6.92 Å². The molecule has 0 bridgehead atoms. The normalized spacial score (nSPS) is 14.3. The van der Waals surface area contributed by atoms with E-state index in [1.807, 2.05) is 30.3 Å². The molecule has 0 atom stereocenters. The summed E-state index contributed by atoms with van der Waals surface area (Å²) >= 11 is 0. The third-order valence-corrected chi connectivity index (χ3v) is 4.74. The van der Waals surface area contributed by atoms with Crippen LogP contribution < -0.4 is 10.2 Å². The molecular formula is C22H24N4. The molecule has 0 spiro atoms. The number of nitrogens with one attached hydrogen (secondary N) is 1. The molecule has 0 amide bonds. The fraction of sp³-hybridized carbons (Fsp3) is 0.273. The Morgan fingerprint density at radius 2 is 1.65 bits per heavy atom. The molecule has 4 heteroatoms. The standard InChI is InChI=1S/C22H24N4/c1-17-9-8-12-19(15-17)23-22-24-20(18-10-4-2-5-11-18)16-21(25-22)26-13-6-3-7-14-26/h2,4-5,8-12,15-16H,3,6-7,13-14H2,1H3,(H,23,24,25). The third-order valence-electron chi connectivity index (χ3n) is 4.74. The fourth-order valence-corrected chi connectivity index (χ4v) is 3.38. The fourth-order valence-electron chi connectivity index (χ4n) is 3.38. The van der Waals surface area contributed by atoms with Crippen LogP contribution in [0.3, 0.4) is 0 Å². The smallest absolute Gasteiger partial charge is 0.229 e. The van der Waals surface area contributed by atoms with Crippen molar-refractivity contribution in [2.24, 2.45) is 0 Å². The topological polar surface area (TPSA) is 41.1 Å². The maximum absolute atomic E-state index is 4.81. The Morgan fingerprint density at radius 3 is 2.42 bits per heavy atom. The lowest BCUT2D eigenvalue weighted by molar-refractivity contribution is 0.573. The molecule has 1 aromatic heterocycles. The van der Waals surface area contributed by atoms with Crippen molar-refractivity contribution < 1.29 is 0 Å². The first-order chi connectivity index (χ1) is 12.8. The van der Waals surface area contributed by atoms with Crippen LogP contribution in [0.5, 0.6) is 0 Å². The number of aromatic nitrogens is 2. The second-order valence-corrected chi connectivity index (χ2v) is 6.84. The molecule has 0 aliphatic carbocycles. The van der Waals surface area contributed by atoms with Gasteiger partial charge in [-0.05, 0) is 43.9 Å². The summed E-state index contributed by atoms with van der Waals surface area (Å²) in [6.07, 6.45) is 3.76.